The monoisotopic (exact) mass is 419 g/mol. The van der Waals surface area contributed by atoms with Gasteiger partial charge in [0.1, 0.15) is 23.1 Å². The summed E-state index contributed by atoms with van der Waals surface area (Å²) in [5.41, 5.74) is 1.02. The van der Waals surface area contributed by atoms with E-state index in [4.69, 9.17) is 9.47 Å². The van der Waals surface area contributed by atoms with Crippen LogP contribution in [0.4, 0.5) is 13.6 Å². The molecule has 0 bridgehead atoms. The van der Waals surface area contributed by atoms with Crippen molar-refractivity contribution in [3.63, 3.8) is 0 Å². The normalized spacial score (nSPS) is 14.5. The van der Waals surface area contributed by atoms with Crippen molar-refractivity contribution in [2.24, 2.45) is 0 Å². The van der Waals surface area contributed by atoms with Crippen LogP contribution in [0.15, 0.2) is 36.4 Å². The van der Waals surface area contributed by atoms with Gasteiger partial charge in [0.05, 0.1) is 14.2 Å². The molecule has 8 heteroatoms. The van der Waals surface area contributed by atoms with Gasteiger partial charge >= 0.3 is 6.03 Å². The van der Waals surface area contributed by atoms with Crippen molar-refractivity contribution in [2.75, 3.05) is 46.9 Å². The van der Waals surface area contributed by atoms with Gasteiger partial charge in [-0.15, -0.1) is 0 Å². The molecule has 1 aliphatic heterocycles. The third kappa shape index (κ3) is 5.38. The molecule has 0 radical (unpaired) electrons. The predicted octanol–water partition coefficient (Wildman–Crippen LogP) is 3.05. The Morgan fingerprint density at radius 3 is 2.37 bits per heavy atom. The molecule has 0 aromatic heterocycles. The summed E-state index contributed by atoms with van der Waals surface area (Å²) < 4.78 is 38.1. The first-order valence-electron chi connectivity index (χ1n) is 9.90. The van der Waals surface area contributed by atoms with Crippen molar-refractivity contribution in [3.05, 3.63) is 59.2 Å². The second-order valence-corrected chi connectivity index (χ2v) is 7.12. The Kier molecular flexibility index (Phi) is 7.46. The SMILES string of the molecule is COc1ccc(OC)c(CN2CCN(C(=O)NCCc3c(F)cccc3F)CC2)c1. The van der Waals surface area contributed by atoms with E-state index in [1.54, 1.807) is 19.1 Å². The molecule has 2 amide bonds. The molecule has 1 heterocycles. The van der Waals surface area contributed by atoms with E-state index in [-0.39, 0.29) is 24.6 Å². The molecule has 1 saturated heterocycles. The standard InChI is InChI=1S/C22H27F2N3O3/c1-29-17-6-7-21(30-2)16(14-17)15-26-10-12-27(13-11-26)22(28)25-9-8-18-19(23)4-3-5-20(18)24/h3-7,14H,8-13,15H2,1-2H3,(H,25,28). The highest BCUT2D eigenvalue weighted by molar-refractivity contribution is 5.74. The number of piperazine rings is 1. The zero-order valence-electron chi connectivity index (χ0n) is 17.3. The molecule has 6 nitrogen and oxygen atoms in total. The highest BCUT2D eigenvalue weighted by atomic mass is 19.1. The molecule has 2 aromatic rings. The summed E-state index contributed by atoms with van der Waals surface area (Å²) in [6.45, 7) is 3.46. The second-order valence-electron chi connectivity index (χ2n) is 7.12. The van der Waals surface area contributed by atoms with Crippen LogP contribution in [0.2, 0.25) is 0 Å². The second kappa shape index (κ2) is 10.2. The number of hydrogen-bond donors (Lipinski definition) is 1. The van der Waals surface area contributed by atoms with Gasteiger partial charge in [-0.2, -0.15) is 0 Å². The van der Waals surface area contributed by atoms with Crippen LogP contribution in [0.3, 0.4) is 0 Å². The van der Waals surface area contributed by atoms with Gasteiger partial charge in [-0.3, -0.25) is 4.90 Å². The van der Waals surface area contributed by atoms with Crippen LogP contribution in [-0.4, -0.2) is 62.8 Å². The lowest BCUT2D eigenvalue weighted by molar-refractivity contribution is 0.134. The maximum atomic E-state index is 13.7. The van der Waals surface area contributed by atoms with Crippen LogP contribution in [0.25, 0.3) is 0 Å². The van der Waals surface area contributed by atoms with Gasteiger partial charge in [-0.05, 0) is 36.8 Å². The average Bonchev–Trinajstić information content (AvgIpc) is 2.76. The number of nitrogens with zero attached hydrogens (tertiary/aromatic N) is 2. The molecule has 2 aromatic carbocycles. The minimum atomic E-state index is -0.592. The molecule has 1 aliphatic rings. The van der Waals surface area contributed by atoms with Crippen molar-refractivity contribution in [3.8, 4) is 11.5 Å². The number of nitrogens with one attached hydrogen (secondary N) is 1. The maximum Gasteiger partial charge on any atom is 0.317 e. The Morgan fingerprint density at radius 1 is 1.03 bits per heavy atom. The van der Waals surface area contributed by atoms with Gasteiger partial charge in [0.15, 0.2) is 0 Å². The Balaban J connectivity index is 1.47. The van der Waals surface area contributed by atoms with Gasteiger partial charge in [0.25, 0.3) is 0 Å². The van der Waals surface area contributed by atoms with Crippen LogP contribution in [-0.2, 0) is 13.0 Å². The molecule has 0 spiro atoms. The number of ether oxygens (including phenoxy) is 2. The molecule has 1 N–H and O–H groups in total. The van der Waals surface area contributed by atoms with E-state index in [1.165, 1.54) is 18.2 Å². The highest BCUT2D eigenvalue weighted by Crippen LogP contribution is 2.25. The molecule has 1 fully saturated rings. The van der Waals surface area contributed by atoms with E-state index in [0.29, 0.717) is 19.6 Å². The highest BCUT2D eigenvalue weighted by Gasteiger charge is 2.22. The third-order valence-corrected chi connectivity index (χ3v) is 5.25. The molecule has 30 heavy (non-hydrogen) atoms. The van der Waals surface area contributed by atoms with Crippen LogP contribution >= 0.6 is 0 Å². The summed E-state index contributed by atoms with van der Waals surface area (Å²) in [7, 11) is 3.27. The molecule has 0 atom stereocenters. The van der Waals surface area contributed by atoms with Crippen molar-refractivity contribution < 1.29 is 23.0 Å². The van der Waals surface area contributed by atoms with E-state index < -0.39 is 11.6 Å². The Morgan fingerprint density at radius 2 is 1.73 bits per heavy atom. The van der Waals surface area contributed by atoms with Crippen LogP contribution < -0.4 is 14.8 Å². The van der Waals surface area contributed by atoms with Gasteiger partial charge in [0, 0.05) is 50.4 Å². The predicted molar refractivity (Wildman–Crippen MR) is 110 cm³/mol. The van der Waals surface area contributed by atoms with Gasteiger partial charge in [-0.25, -0.2) is 13.6 Å². The maximum absolute atomic E-state index is 13.7. The number of urea groups is 1. The first-order chi connectivity index (χ1) is 14.5. The molecular weight excluding hydrogens is 392 g/mol. The van der Waals surface area contributed by atoms with Gasteiger partial charge in [0.2, 0.25) is 0 Å². The Labute approximate surface area is 175 Å². The first-order valence-corrected chi connectivity index (χ1v) is 9.90. The number of halogens is 2. The molecule has 3 rings (SSSR count). The summed E-state index contributed by atoms with van der Waals surface area (Å²) in [5, 5.41) is 2.75. The number of carbonyl (C=O) groups is 1. The fourth-order valence-corrected chi connectivity index (χ4v) is 3.53. The summed E-state index contributed by atoms with van der Waals surface area (Å²) >= 11 is 0. The topological polar surface area (TPSA) is 54.0 Å². The van der Waals surface area contributed by atoms with Crippen molar-refractivity contribution >= 4 is 6.03 Å². The van der Waals surface area contributed by atoms with Gasteiger partial charge < -0.3 is 19.7 Å². The minimum absolute atomic E-state index is 0.00476. The number of methoxy groups -OCH3 is 2. The van der Waals surface area contributed by atoms with Crippen LogP contribution in [0, 0.1) is 11.6 Å². The number of rotatable bonds is 7. The Bertz CT molecular complexity index is 850. The van der Waals surface area contributed by atoms with E-state index in [0.717, 1.165) is 30.2 Å². The van der Waals surface area contributed by atoms with Crippen LogP contribution in [0.5, 0.6) is 11.5 Å². The Hall–Kier alpha value is -2.87. The first kappa shape index (κ1) is 21.8. The van der Waals surface area contributed by atoms with Crippen LogP contribution in [0.1, 0.15) is 11.1 Å². The summed E-state index contributed by atoms with van der Waals surface area (Å²) in [5.74, 6) is 0.392. The molecular formula is C22H27F2N3O3. The van der Waals surface area contributed by atoms with Crippen molar-refractivity contribution in [2.45, 2.75) is 13.0 Å². The fraction of sp³-hybridized carbons (Fsp3) is 0.409. The lowest BCUT2D eigenvalue weighted by Crippen LogP contribution is -2.51. The average molecular weight is 419 g/mol. The molecule has 0 aliphatic carbocycles. The lowest BCUT2D eigenvalue weighted by atomic mass is 10.1. The van der Waals surface area contributed by atoms with Crippen molar-refractivity contribution in [1.29, 1.82) is 0 Å². The fourth-order valence-electron chi connectivity index (χ4n) is 3.53. The number of benzene rings is 2. The zero-order valence-corrected chi connectivity index (χ0v) is 17.3. The third-order valence-electron chi connectivity index (χ3n) is 5.25. The number of hydrogen-bond acceptors (Lipinski definition) is 4. The molecule has 162 valence electrons. The van der Waals surface area contributed by atoms with Gasteiger partial charge in [-0.1, -0.05) is 6.07 Å². The van der Waals surface area contributed by atoms with E-state index >= 15 is 0 Å². The molecule has 0 saturated carbocycles. The summed E-state index contributed by atoms with van der Waals surface area (Å²) in [6.07, 6.45) is 0.111. The minimum Gasteiger partial charge on any atom is -0.497 e. The number of carbonyl (C=O) groups excluding carboxylic acids is 1. The van der Waals surface area contributed by atoms with E-state index in [9.17, 15) is 13.6 Å². The zero-order chi connectivity index (χ0) is 21.5. The summed E-state index contributed by atoms with van der Waals surface area (Å²) in [4.78, 5) is 16.3. The lowest BCUT2D eigenvalue weighted by Gasteiger charge is -2.35. The summed E-state index contributed by atoms with van der Waals surface area (Å²) in [6, 6.07) is 9.25. The number of amides is 2. The molecule has 0 unspecified atom stereocenters. The van der Waals surface area contributed by atoms with E-state index in [1.807, 2.05) is 18.2 Å². The smallest absolute Gasteiger partial charge is 0.317 e. The van der Waals surface area contributed by atoms with Crippen molar-refractivity contribution in [1.82, 2.24) is 15.1 Å². The van der Waals surface area contributed by atoms with E-state index in [2.05, 4.69) is 10.2 Å². The quantitative estimate of drug-likeness (QED) is 0.750. The largest absolute Gasteiger partial charge is 0.497 e.